The lowest BCUT2D eigenvalue weighted by Gasteiger charge is -2.19. The number of phosphoric ester groups is 1. The van der Waals surface area contributed by atoms with Crippen LogP contribution in [0.25, 0.3) is 0 Å². The molecule has 0 aromatic carbocycles. The SMILES string of the molecule is CC/C=C\C/C=C\C/C=C\C/C=C\C/C=C\C/C=C\C/C=C\CCCCCCCCCCCC(=O)OC(COC(=O)CCCCCCC)COP(=O)(O)OCCN. The van der Waals surface area contributed by atoms with Crippen LogP contribution in [0.1, 0.15) is 168 Å². The van der Waals surface area contributed by atoms with Crippen molar-refractivity contribution < 1.29 is 37.6 Å². The van der Waals surface area contributed by atoms with Crippen molar-refractivity contribution in [3.05, 3.63) is 85.1 Å². The van der Waals surface area contributed by atoms with E-state index in [0.29, 0.717) is 6.42 Å². The predicted octanol–water partition coefficient (Wildman–Crippen LogP) is 12.8. The molecule has 0 aliphatic heterocycles. The highest BCUT2D eigenvalue weighted by Crippen LogP contribution is 2.43. The Bertz CT molecular complexity index is 1210. The first-order valence-electron chi connectivity index (χ1n) is 22.1. The molecule has 0 saturated heterocycles. The minimum Gasteiger partial charge on any atom is -0.462 e. The summed E-state index contributed by atoms with van der Waals surface area (Å²) >= 11 is 0. The smallest absolute Gasteiger partial charge is 0.462 e. The first kappa shape index (κ1) is 54.2. The van der Waals surface area contributed by atoms with Crippen molar-refractivity contribution in [2.75, 3.05) is 26.4 Å². The fourth-order valence-electron chi connectivity index (χ4n) is 5.55. The van der Waals surface area contributed by atoms with Gasteiger partial charge in [0.1, 0.15) is 6.61 Å². The second-order valence-electron chi connectivity index (χ2n) is 14.2. The van der Waals surface area contributed by atoms with Crippen molar-refractivity contribution >= 4 is 19.8 Å². The summed E-state index contributed by atoms with van der Waals surface area (Å²) < 4.78 is 32.5. The monoisotopic (exact) mass is 818 g/mol. The third-order valence-corrected chi connectivity index (χ3v) is 9.78. The Hall–Kier alpha value is -2.81. The molecule has 0 spiro atoms. The van der Waals surface area contributed by atoms with Gasteiger partial charge in [-0.25, -0.2) is 4.57 Å². The quantitative estimate of drug-likeness (QED) is 0.0268. The zero-order chi connectivity index (χ0) is 41.8. The topological polar surface area (TPSA) is 134 Å². The van der Waals surface area contributed by atoms with Crippen LogP contribution in [0.2, 0.25) is 0 Å². The molecule has 0 aliphatic carbocycles. The molecule has 0 amide bonds. The van der Waals surface area contributed by atoms with Gasteiger partial charge in [-0.1, -0.05) is 170 Å². The molecule has 0 radical (unpaired) electrons. The molecule has 0 saturated carbocycles. The van der Waals surface area contributed by atoms with Crippen molar-refractivity contribution in [1.29, 1.82) is 0 Å². The van der Waals surface area contributed by atoms with Crippen LogP contribution >= 0.6 is 7.82 Å². The van der Waals surface area contributed by atoms with E-state index in [-0.39, 0.29) is 32.6 Å². The van der Waals surface area contributed by atoms with E-state index in [2.05, 4.69) is 98.9 Å². The Labute approximate surface area is 347 Å². The van der Waals surface area contributed by atoms with Crippen molar-refractivity contribution in [3.63, 3.8) is 0 Å². The van der Waals surface area contributed by atoms with E-state index in [1.807, 2.05) is 0 Å². The maximum absolute atomic E-state index is 12.5. The average Bonchev–Trinajstić information content (AvgIpc) is 3.20. The minimum atomic E-state index is -4.37. The number of phosphoric acid groups is 1. The fourth-order valence-corrected chi connectivity index (χ4v) is 6.32. The Morgan fingerprint density at radius 1 is 0.544 bits per heavy atom. The Kier molecular flexibility index (Phi) is 40.7. The van der Waals surface area contributed by atoms with E-state index in [0.717, 1.165) is 103 Å². The van der Waals surface area contributed by atoms with Gasteiger partial charge in [0.25, 0.3) is 0 Å². The number of carbonyl (C=O) groups is 2. The highest BCUT2D eigenvalue weighted by molar-refractivity contribution is 7.47. The number of rotatable bonds is 40. The lowest BCUT2D eigenvalue weighted by Crippen LogP contribution is -2.29. The van der Waals surface area contributed by atoms with E-state index in [9.17, 15) is 19.0 Å². The summed E-state index contributed by atoms with van der Waals surface area (Å²) in [7, 11) is -4.37. The summed E-state index contributed by atoms with van der Waals surface area (Å²) in [6, 6.07) is 0. The van der Waals surface area contributed by atoms with Crippen molar-refractivity contribution in [3.8, 4) is 0 Å². The van der Waals surface area contributed by atoms with Crippen LogP contribution in [0.3, 0.4) is 0 Å². The second kappa shape index (κ2) is 42.8. The van der Waals surface area contributed by atoms with Crippen LogP contribution in [0.5, 0.6) is 0 Å². The van der Waals surface area contributed by atoms with Crippen molar-refractivity contribution in [2.45, 2.75) is 174 Å². The number of ether oxygens (including phenoxy) is 2. The van der Waals surface area contributed by atoms with Crippen molar-refractivity contribution in [2.24, 2.45) is 5.73 Å². The van der Waals surface area contributed by atoms with Gasteiger partial charge in [0.05, 0.1) is 13.2 Å². The number of carbonyl (C=O) groups excluding carboxylic acids is 2. The summed E-state index contributed by atoms with van der Waals surface area (Å²) in [6.07, 6.45) is 53.9. The molecule has 3 N–H and O–H groups in total. The van der Waals surface area contributed by atoms with Gasteiger partial charge in [-0.3, -0.25) is 18.6 Å². The lowest BCUT2D eigenvalue weighted by molar-refractivity contribution is -0.161. The Morgan fingerprint density at radius 2 is 0.965 bits per heavy atom. The first-order valence-corrected chi connectivity index (χ1v) is 23.6. The molecule has 2 atom stereocenters. The van der Waals surface area contributed by atoms with E-state index in [1.54, 1.807) is 0 Å². The van der Waals surface area contributed by atoms with Gasteiger partial charge in [-0.2, -0.15) is 0 Å². The average molecular weight is 818 g/mol. The normalized spacial score (nSPS) is 14.1. The fraction of sp³-hybridized carbons (Fsp3) is 0.660. The molecule has 9 nitrogen and oxygen atoms in total. The third-order valence-electron chi connectivity index (χ3n) is 8.80. The molecule has 0 bridgehead atoms. The van der Waals surface area contributed by atoms with Crippen molar-refractivity contribution in [1.82, 2.24) is 0 Å². The van der Waals surface area contributed by atoms with E-state index in [4.69, 9.17) is 24.3 Å². The molecule has 57 heavy (non-hydrogen) atoms. The zero-order valence-corrected chi connectivity index (χ0v) is 36.7. The van der Waals surface area contributed by atoms with Gasteiger partial charge >= 0.3 is 19.8 Å². The van der Waals surface area contributed by atoms with Gasteiger partial charge < -0.3 is 20.1 Å². The predicted molar refractivity (Wildman–Crippen MR) is 238 cm³/mol. The van der Waals surface area contributed by atoms with E-state index < -0.39 is 32.5 Å². The zero-order valence-electron chi connectivity index (χ0n) is 35.8. The van der Waals surface area contributed by atoms with Crippen LogP contribution in [-0.4, -0.2) is 49.3 Å². The van der Waals surface area contributed by atoms with E-state index >= 15 is 0 Å². The highest BCUT2D eigenvalue weighted by atomic mass is 31.2. The maximum Gasteiger partial charge on any atom is 0.472 e. The lowest BCUT2D eigenvalue weighted by atomic mass is 10.1. The number of hydrogen-bond donors (Lipinski definition) is 2. The summed E-state index contributed by atoms with van der Waals surface area (Å²) in [4.78, 5) is 34.5. The summed E-state index contributed by atoms with van der Waals surface area (Å²) in [5.41, 5.74) is 5.32. The van der Waals surface area contributed by atoms with E-state index in [1.165, 1.54) is 32.1 Å². The number of allylic oxidation sites excluding steroid dienone is 14. The number of nitrogens with two attached hydrogens (primary N) is 1. The van der Waals surface area contributed by atoms with Crippen LogP contribution in [0.15, 0.2) is 85.1 Å². The minimum absolute atomic E-state index is 0.0489. The molecule has 10 heteroatoms. The van der Waals surface area contributed by atoms with Gasteiger partial charge in [0.2, 0.25) is 0 Å². The molecule has 0 aromatic rings. The molecule has 0 aliphatic rings. The molecule has 2 unspecified atom stereocenters. The highest BCUT2D eigenvalue weighted by Gasteiger charge is 2.26. The summed E-state index contributed by atoms with van der Waals surface area (Å²) in [5, 5.41) is 0. The number of hydrogen-bond acceptors (Lipinski definition) is 8. The molecule has 0 fully saturated rings. The Morgan fingerprint density at radius 3 is 1.44 bits per heavy atom. The molecule has 0 aromatic heterocycles. The number of esters is 2. The number of unbranched alkanes of at least 4 members (excludes halogenated alkanes) is 13. The second-order valence-corrected chi connectivity index (χ2v) is 15.6. The van der Waals surface area contributed by atoms with Gasteiger partial charge in [-0.05, 0) is 70.6 Å². The van der Waals surface area contributed by atoms with Crippen LogP contribution in [0, 0.1) is 0 Å². The van der Waals surface area contributed by atoms with Gasteiger partial charge in [-0.15, -0.1) is 0 Å². The first-order chi connectivity index (χ1) is 27.8. The van der Waals surface area contributed by atoms with Crippen LogP contribution in [-0.2, 0) is 32.7 Å². The maximum atomic E-state index is 12.5. The largest absolute Gasteiger partial charge is 0.472 e. The summed E-state index contributed by atoms with van der Waals surface area (Å²) in [5.74, 6) is -0.857. The summed E-state index contributed by atoms with van der Waals surface area (Å²) in [6.45, 7) is 3.49. The Balaban J connectivity index is 3.93. The molecule has 0 heterocycles. The van der Waals surface area contributed by atoms with Crippen LogP contribution < -0.4 is 5.73 Å². The molecular formula is C47H80NO8P. The standard InChI is InChI=1S/C47H80NO8P/c1-3-5-7-9-10-11-12-13-14-15-16-17-18-19-20-21-22-23-24-25-26-27-28-29-30-31-32-33-34-36-38-40-47(50)56-45(44-55-57(51,52)54-42-41-48)43-53-46(49)39-37-35-8-6-4-2/h5,7,10-11,13-14,16-17,19-20,22-23,25-26,45H,3-4,6,8-9,12,15,18,21,24,27-44,48H2,1-2H3,(H,51,52)/b7-5-,11-10-,14-13-,17-16-,20-19-,23-22-,26-25-. The molecule has 326 valence electrons. The van der Waals surface area contributed by atoms with Crippen LogP contribution in [0.4, 0.5) is 0 Å². The van der Waals surface area contributed by atoms with Gasteiger partial charge in [0, 0.05) is 19.4 Å². The molecular weight excluding hydrogens is 737 g/mol. The van der Waals surface area contributed by atoms with Gasteiger partial charge in [0.15, 0.2) is 6.10 Å². The third kappa shape index (κ3) is 42.6. The molecule has 0 rings (SSSR count).